The lowest BCUT2D eigenvalue weighted by molar-refractivity contribution is 0.191. The highest BCUT2D eigenvalue weighted by Crippen LogP contribution is 2.24. The topological polar surface area (TPSA) is 35.6 Å². The van der Waals surface area contributed by atoms with E-state index in [1.807, 2.05) is 13.8 Å². The number of rotatable bonds is 2. The number of para-hydroxylation sites is 1. The van der Waals surface area contributed by atoms with Crippen LogP contribution in [0.15, 0.2) is 18.2 Å². The maximum absolute atomic E-state index is 13.7. The second-order valence-corrected chi connectivity index (χ2v) is 5.15. The molecule has 1 heterocycles. The summed E-state index contributed by atoms with van der Waals surface area (Å²) >= 11 is 0. The number of piperazine rings is 1. The first-order valence-electron chi connectivity index (χ1n) is 6.73. The van der Waals surface area contributed by atoms with Crippen molar-refractivity contribution < 1.29 is 13.6 Å². The normalized spacial score (nSPS) is 15.7. The van der Waals surface area contributed by atoms with Gasteiger partial charge >= 0.3 is 6.03 Å². The van der Waals surface area contributed by atoms with Crippen LogP contribution >= 0.6 is 0 Å². The zero-order valence-corrected chi connectivity index (χ0v) is 11.7. The average Bonchev–Trinajstić information content (AvgIpc) is 2.38. The minimum absolute atomic E-state index is 0.00332. The number of nitrogens with zero attached hydrogens (tertiary/aromatic N) is 2. The van der Waals surface area contributed by atoms with E-state index in [0.717, 1.165) is 0 Å². The quantitative estimate of drug-likeness (QED) is 0.903. The number of hydrogen-bond donors (Lipinski definition) is 1. The van der Waals surface area contributed by atoms with E-state index < -0.39 is 11.6 Å². The van der Waals surface area contributed by atoms with Crippen molar-refractivity contribution in [1.82, 2.24) is 10.2 Å². The van der Waals surface area contributed by atoms with Gasteiger partial charge in [-0.1, -0.05) is 6.07 Å². The van der Waals surface area contributed by atoms with E-state index in [0.29, 0.717) is 26.2 Å². The van der Waals surface area contributed by atoms with E-state index in [1.165, 1.54) is 18.2 Å². The maximum atomic E-state index is 13.7. The lowest BCUT2D eigenvalue weighted by Crippen LogP contribution is -2.53. The Labute approximate surface area is 117 Å². The number of amides is 2. The first-order valence-corrected chi connectivity index (χ1v) is 6.73. The van der Waals surface area contributed by atoms with Gasteiger partial charge in [0.2, 0.25) is 0 Å². The monoisotopic (exact) mass is 283 g/mol. The molecule has 1 fully saturated rings. The van der Waals surface area contributed by atoms with Gasteiger partial charge in [-0.2, -0.15) is 0 Å². The Morgan fingerprint density at radius 2 is 1.70 bits per heavy atom. The SMILES string of the molecule is CC(C)NC(=O)N1CCN(c2c(F)cccc2F)CC1. The third-order valence-electron chi connectivity index (χ3n) is 3.23. The van der Waals surface area contributed by atoms with Crippen molar-refractivity contribution in [2.45, 2.75) is 19.9 Å². The van der Waals surface area contributed by atoms with Crippen LogP contribution in [0.1, 0.15) is 13.8 Å². The zero-order chi connectivity index (χ0) is 14.7. The predicted molar refractivity (Wildman–Crippen MR) is 73.8 cm³/mol. The van der Waals surface area contributed by atoms with Crippen molar-refractivity contribution in [3.63, 3.8) is 0 Å². The Hall–Kier alpha value is -1.85. The molecule has 1 aliphatic heterocycles. The van der Waals surface area contributed by atoms with Crippen LogP contribution in [0.2, 0.25) is 0 Å². The number of halogens is 2. The summed E-state index contributed by atoms with van der Waals surface area (Å²) in [7, 11) is 0. The largest absolute Gasteiger partial charge is 0.363 e. The van der Waals surface area contributed by atoms with Crippen molar-refractivity contribution in [1.29, 1.82) is 0 Å². The lowest BCUT2D eigenvalue weighted by Gasteiger charge is -2.36. The minimum Gasteiger partial charge on any atom is -0.363 e. The second-order valence-electron chi connectivity index (χ2n) is 5.15. The second kappa shape index (κ2) is 6.07. The molecule has 20 heavy (non-hydrogen) atoms. The molecule has 1 saturated heterocycles. The summed E-state index contributed by atoms with van der Waals surface area (Å²) < 4.78 is 27.4. The van der Waals surface area contributed by atoms with Gasteiger partial charge in [0.05, 0.1) is 0 Å². The van der Waals surface area contributed by atoms with E-state index in [2.05, 4.69) is 5.32 Å². The van der Waals surface area contributed by atoms with Crippen molar-refractivity contribution in [2.24, 2.45) is 0 Å². The highest BCUT2D eigenvalue weighted by molar-refractivity contribution is 5.74. The fraction of sp³-hybridized carbons (Fsp3) is 0.500. The van der Waals surface area contributed by atoms with E-state index >= 15 is 0 Å². The van der Waals surface area contributed by atoms with Gasteiger partial charge in [-0.3, -0.25) is 0 Å². The summed E-state index contributed by atoms with van der Waals surface area (Å²) in [6.45, 7) is 5.52. The molecule has 0 unspecified atom stereocenters. The molecule has 0 spiro atoms. The Morgan fingerprint density at radius 1 is 1.15 bits per heavy atom. The van der Waals surface area contributed by atoms with Crippen LogP contribution in [0.3, 0.4) is 0 Å². The molecule has 2 rings (SSSR count). The Balaban J connectivity index is 1.99. The third-order valence-corrected chi connectivity index (χ3v) is 3.23. The van der Waals surface area contributed by atoms with Crippen LogP contribution in [0.4, 0.5) is 19.3 Å². The molecule has 0 bridgehead atoms. The number of benzene rings is 1. The highest BCUT2D eigenvalue weighted by atomic mass is 19.1. The maximum Gasteiger partial charge on any atom is 0.317 e. The molecule has 0 atom stereocenters. The van der Waals surface area contributed by atoms with Crippen molar-refractivity contribution in [3.8, 4) is 0 Å². The first-order chi connectivity index (χ1) is 9.49. The summed E-state index contributed by atoms with van der Waals surface area (Å²) in [5.74, 6) is -1.13. The van der Waals surface area contributed by atoms with Crippen molar-refractivity contribution in [2.75, 3.05) is 31.1 Å². The Bertz CT molecular complexity index is 465. The van der Waals surface area contributed by atoms with Crippen molar-refractivity contribution in [3.05, 3.63) is 29.8 Å². The molecular formula is C14H19F2N3O. The van der Waals surface area contributed by atoms with Crippen LogP contribution in [0.25, 0.3) is 0 Å². The van der Waals surface area contributed by atoms with E-state index in [9.17, 15) is 13.6 Å². The minimum atomic E-state index is -0.565. The predicted octanol–water partition coefficient (Wildman–Crippen LogP) is 2.20. The van der Waals surface area contributed by atoms with Crippen LogP contribution in [0, 0.1) is 11.6 Å². The lowest BCUT2D eigenvalue weighted by atomic mass is 10.2. The van der Waals surface area contributed by atoms with E-state index in [-0.39, 0.29) is 17.8 Å². The van der Waals surface area contributed by atoms with Gasteiger partial charge in [-0.25, -0.2) is 13.6 Å². The fourth-order valence-electron chi connectivity index (χ4n) is 2.26. The number of carbonyl (C=O) groups is 1. The number of urea groups is 1. The molecular weight excluding hydrogens is 264 g/mol. The average molecular weight is 283 g/mol. The van der Waals surface area contributed by atoms with Gasteiger partial charge in [0.1, 0.15) is 17.3 Å². The van der Waals surface area contributed by atoms with E-state index in [1.54, 1.807) is 9.80 Å². The number of carbonyl (C=O) groups excluding carboxylic acids is 1. The van der Waals surface area contributed by atoms with Crippen LogP contribution in [-0.2, 0) is 0 Å². The van der Waals surface area contributed by atoms with E-state index in [4.69, 9.17) is 0 Å². The third kappa shape index (κ3) is 3.18. The molecule has 0 aromatic heterocycles. The molecule has 2 amide bonds. The van der Waals surface area contributed by atoms with Gasteiger partial charge < -0.3 is 15.1 Å². The molecule has 4 nitrogen and oxygen atoms in total. The fourth-order valence-corrected chi connectivity index (χ4v) is 2.26. The van der Waals surface area contributed by atoms with Gasteiger partial charge in [0, 0.05) is 32.2 Å². The Kier molecular flexibility index (Phi) is 4.42. The molecule has 1 aliphatic rings. The number of anilines is 1. The zero-order valence-electron chi connectivity index (χ0n) is 11.7. The molecule has 1 N–H and O–H groups in total. The van der Waals surface area contributed by atoms with Gasteiger partial charge in [0.15, 0.2) is 0 Å². The number of nitrogens with one attached hydrogen (secondary N) is 1. The van der Waals surface area contributed by atoms with Crippen molar-refractivity contribution >= 4 is 11.7 Å². The molecule has 0 radical (unpaired) electrons. The summed E-state index contributed by atoms with van der Waals surface area (Å²) in [5.41, 5.74) is -0.00332. The molecule has 1 aromatic carbocycles. The summed E-state index contributed by atoms with van der Waals surface area (Å²) in [4.78, 5) is 15.1. The summed E-state index contributed by atoms with van der Waals surface area (Å²) in [5, 5.41) is 2.81. The molecule has 6 heteroatoms. The van der Waals surface area contributed by atoms with Crippen LogP contribution in [0.5, 0.6) is 0 Å². The summed E-state index contributed by atoms with van der Waals surface area (Å²) in [6, 6.07) is 3.78. The highest BCUT2D eigenvalue weighted by Gasteiger charge is 2.24. The molecule has 0 aliphatic carbocycles. The number of hydrogen-bond acceptors (Lipinski definition) is 2. The molecule has 110 valence electrons. The first kappa shape index (κ1) is 14.6. The summed E-state index contributed by atoms with van der Waals surface area (Å²) in [6.07, 6.45) is 0. The van der Waals surface area contributed by atoms with Gasteiger partial charge in [-0.15, -0.1) is 0 Å². The van der Waals surface area contributed by atoms with Crippen LogP contribution < -0.4 is 10.2 Å². The Morgan fingerprint density at radius 3 is 2.20 bits per heavy atom. The standard InChI is InChI=1S/C14H19F2N3O/c1-10(2)17-14(20)19-8-6-18(7-9-19)13-11(15)4-3-5-12(13)16/h3-5,10H,6-9H2,1-2H3,(H,17,20). The smallest absolute Gasteiger partial charge is 0.317 e. The van der Waals surface area contributed by atoms with Crippen LogP contribution in [-0.4, -0.2) is 43.2 Å². The molecule has 1 aromatic rings. The van der Waals surface area contributed by atoms with Gasteiger partial charge in [-0.05, 0) is 26.0 Å². The van der Waals surface area contributed by atoms with Gasteiger partial charge in [0.25, 0.3) is 0 Å². The molecule has 0 saturated carbocycles.